The second kappa shape index (κ2) is 11.3. The van der Waals surface area contributed by atoms with Gasteiger partial charge in [-0.15, -0.1) is 34.0 Å². The van der Waals surface area contributed by atoms with Gasteiger partial charge in [0.15, 0.2) is 0 Å². The molecular formula is C29H34Br2N4O3. The first-order valence-corrected chi connectivity index (χ1v) is 12.9. The van der Waals surface area contributed by atoms with E-state index in [1.165, 1.54) is 44.1 Å². The maximum atomic E-state index is 13.5. The number of nitrogens with one attached hydrogen (secondary N) is 2. The molecule has 38 heavy (non-hydrogen) atoms. The largest absolute Gasteiger partial charge is 0.508 e. The number of benzene rings is 2. The minimum absolute atomic E-state index is 0. The van der Waals surface area contributed by atoms with Gasteiger partial charge in [0.1, 0.15) is 17.5 Å². The zero-order valence-corrected chi connectivity index (χ0v) is 24.5. The van der Waals surface area contributed by atoms with E-state index in [4.69, 9.17) is 10.8 Å². The Hall–Kier alpha value is -2.49. The summed E-state index contributed by atoms with van der Waals surface area (Å²) in [4.78, 5) is 30.8. The van der Waals surface area contributed by atoms with Crippen molar-refractivity contribution in [3.05, 3.63) is 71.4 Å². The predicted molar refractivity (Wildman–Crippen MR) is 158 cm³/mol. The molecule has 1 aromatic heterocycles. The topological polar surface area (TPSA) is 117 Å². The van der Waals surface area contributed by atoms with Crippen molar-refractivity contribution in [2.45, 2.75) is 56.4 Å². The number of para-hydroxylation sites is 1. The van der Waals surface area contributed by atoms with Gasteiger partial charge in [-0.2, -0.15) is 0 Å². The van der Waals surface area contributed by atoms with Gasteiger partial charge >= 0.3 is 0 Å². The van der Waals surface area contributed by atoms with Crippen LogP contribution in [-0.4, -0.2) is 27.9 Å². The van der Waals surface area contributed by atoms with Crippen molar-refractivity contribution in [3.8, 4) is 5.75 Å². The summed E-state index contributed by atoms with van der Waals surface area (Å²) in [5, 5.41) is 13.6. The number of phenols is 1. The molecule has 0 radical (unpaired) electrons. The summed E-state index contributed by atoms with van der Waals surface area (Å²) in [7, 11) is 0. The number of pyridine rings is 1. The van der Waals surface area contributed by atoms with Gasteiger partial charge < -0.3 is 10.4 Å². The highest BCUT2D eigenvalue weighted by Gasteiger charge is 2.52. The summed E-state index contributed by atoms with van der Waals surface area (Å²) in [5.41, 5.74) is 5.45. The van der Waals surface area contributed by atoms with Crippen LogP contribution in [0.2, 0.25) is 0 Å². The van der Waals surface area contributed by atoms with E-state index in [9.17, 15) is 14.7 Å². The molecule has 9 heteroatoms. The number of hydrogen-bond acceptors (Lipinski definition) is 5. The van der Waals surface area contributed by atoms with E-state index in [1.807, 2.05) is 24.3 Å². The van der Waals surface area contributed by atoms with E-state index in [0.29, 0.717) is 5.69 Å². The Kier molecular flexibility index (Phi) is 8.49. The van der Waals surface area contributed by atoms with Crippen LogP contribution in [0.4, 0.5) is 0 Å². The molecule has 4 fully saturated rings. The third-order valence-electron chi connectivity index (χ3n) is 8.70. The number of aromatic hydroxyl groups is 1. The van der Waals surface area contributed by atoms with E-state index in [-0.39, 0.29) is 57.5 Å². The number of rotatable bonds is 6. The van der Waals surface area contributed by atoms with Crippen molar-refractivity contribution in [2.24, 2.45) is 23.6 Å². The number of hydrazine groups is 1. The molecule has 3 aromatic rings. The number of carbonyl (C=O) groups is 2. The SMILES string of the molecule is Br.Br.NNC(=O)[C@H](Cc1ccc(O)cc1)NC(=O)c1cc(C23CC4CC(CC(C4)C2)C3)c2ccccc2n1. The lowest BCUT2D eigenvalue weighted by Crippen LogP contribution is -2.50. The van der Waals surface area contributed by atoms with E-state index in [2.05, 4.69) is 16.8 Å². The molecule has 0 aliphatic heterocycles. The number of carbonyl (C=O) groups excluding carboxylic acids is 2. The Morgan fingerprint density at radius 3 is 2.18 bits per heavy atom. The first kappa shape index (κ1) is 28.5. The predicted octanol–water partition coefficient (Wildman–Crippen LogP) is 4.90. The van der Waals surface area contributed by atoms with E-state index in [0.717, 1.165) is 34.2 Å². The lowest BCUT2D eigenvalue weighted by Gasteiger charge is -2.57. The lowest BCUT2D eigenvalue weighted by molar-refractivity contribution is -0.123. The summed E-state index contributed by atoms with van der Waals surface area (Å²) in [6.45, 7) is 0. The highest BCUT2D eigenvalue weighted by Crippen LogP contribution is 2.61. The fraction of sp³-hybridized carbons (Fsp3) is 0.414. The van der Waals surface area contributed by atoms with Gasteiger partial charge in [-0.05, 0) is 97.1 Å². The summed E-state index contributed by atoms with van der Waals surface area (Å²) in [6, 6.07) is 15.8. The van der Waals surface area contributed by atoms with Gasteiger partial charge in [0.05, 0.1) is 5.52 Å². The summed E-state index contributed by atoms with van der Waals surface area (Å²) in [6.07, 6.45) is 7.85. The van der Waals surface area contributed by atoms with Crippen molar-refractivity contribution in [3.63, 3.8) is 0 Å². The number of halogens is 2. The summed E-state index contributed by atoms with van der Waals surface area (Å²) in [5.74, 6) is 7.03. The van der Waals surface area contributed by atoms with Gasteiger partial charge in [-0.1, -0.05) is 30.3 Å². The fourth-order valence-corrected chi connectivity index (χ4v) is 7.58. The Balaban J connectivity index is 0.00000168. The van der Waals surface area contributed by atoms with Crippen LogP contribution in [-0.2, 0) is 16.6 Å². The lowest BCUT2D eigenvalue weighted by atomic mass is 9.48. The van der Waals surface area contributed by atoms with Crippen molar-refractivity contribution in [2.75, 3.05) is 0 Å². The number of amides is 2. The molecule has 0 saturated heterocycles. The van der Waals surface area contributed by atoms with Crippen LogP contribution in [0.3, 0.4) is 0 Å². The minimum atomic E-state index is -0.872. The first-order chi connectivity index (χ1) is 17.4. The number of aromatic nitrogens is 1. The molecule has 5 N–H and O–H groups in total. The molecule has 4 bridgehead atoms. The molecule has 4 saturated carbocycles. The first-order valence-electron chi connectivity index (χ1n) is 12.9. The van der Waals surface area contributed by atoms with E-state index in [1.54, 1.807) is 24.3 Å². The zero-order valence-electron chi connectivity index (χ0n) is 21.1. The van der Waals surface area contributed by atoms with Crippen LogP contribution in [0.15, 0.2) is 54.6 Å². The Labute approximate surface area is 243 Å². The van der Waals surface area contributed by atoms with Gasteiger partial charge in [-0.3, -0.25) is 15.0 Å². The monoisotopic (exact) mass is 644 g/mol. The van der Waals surface area contributed by atoms with Gasteiger partial charge in [-0.25, -0.2) is 10.8 Å². The molecule has 4 aliphatic carbocycles. The van der Waals surface area contributed by atoms with E-state index < -0.39 is 11.9 Å². The molecular weight excluding hydrogens is 612 g/mol. The van der Waals surface area contributed by atoms with Gasteiger partial charge in [0.2, 0.25) is 0 Å². The molecule has 4 aliphatic rings. The molecule has 1 atom stereocenters. The van der Waals surface area contributed by atoms with Crippen LogP contribution in [0, 0.1) is 17.8 Å². The van der Waals surface area contributed by atoms with Gasteiger partial charge in [0.25, 0.3) is 11.8 Å². The summed E-state index contributed by atoms with van der Waals surface area (Å²) < 4.78 is 0. The molecule has 7 rings (SSSR count). The van der Waals surface area contributed by atoms with Crippen molar-refractivity contribution in [1.82, 2.24) is 15.7 Å². The molecule has 7 nitrogen and oxygen atoms in total. The van der Waals surface area contributed by atoms with Crippen LogP contribution >= 0.6 is 34.0 Å². The van der Waals surface area contributed by atoms with Crippen molar-refractivity contribution in [1.29, 1.82) is 0 Å². The minimum Gasteiger partial charge on any atom is -0.508 e. The molecule has 202 valence electrons. The molecule has 2 aromatic carbocycles. The number of phenolic OH excluding ortho intramolecular Hbond substituents is 1. The Bertz CT molecular complexity index is 1300. The third kappa shape index (κ3) is 5.33. The van der Waals surface area contributed by atoms with Crippen molar-refractivity contribution >= 4 is 56.7 Å². The highest BCUT2D eigenvalue weighted by molar-refractivity contribution is 8.93. The average Bonchev–Trinajstić information content (AvgIpc) is 2.87. The standard InChI is InChI=1S/C29H32N4O3.2BrH/c30-33-28(36)25(12-17-5-7-21(34)8-6-17)32-27(35)26-13-23(22-3-1-2-4-24(22)31-26)29-14-18-9-19(15-29)11-20(10-18)16-29;;/h1-8,13,18-20,25,34H,9-12,14-16,30H2,(H,32,35)(H,33,36);2*1H/t18?,19?,20?,25-,29?;;/m0../s1. The van der Waals surface area contributed by atoms with Gasteiger partial charge in [0, 0.05) is 11.8 Å². The Morgan fingerprint density at radius 2 is 1.58 bits per heavy atom. The number of hydrogen-bond donors (Lipinski definition) is 4. The maximum Gasteiger partial charge on any atom is 0.270 e. The highest BCUT2D eigenvalue weighted by atomic mass is 79.9. The van der Waals surface area contributed by atoms with Crippen molar-refractivity contribution < 1.29 is 14.7 Å². The summed E-state index contributed by atoms with van der Waals surface area (Å²) >= 11 is 0. The zero-order chi connectivity index (χ0) is 24.9. The maximum absolute atomic E-state index is 13.5. The molecule has 0 spiro atoms. The molecule has 2 amide bonds. The third-order valence-corrected chi connectivity index (χ3v) is 8.70. The second-order valence-corrected chi connectivity index (χ2v) is 11.2. The number of nitrogens with zero attached hydrogens (tertiary/aromatic N) is 1. The van der Waals surface area contributed by atoms with E-state index >= 15 is 0 Å². The Morgan fingerprint density at radius 1 is 0.974 bits per heavy atom. The molecule has 1 heterocycles. The van der Waals surface area contributed by atoms with Crippen LogP contribution in [0.25, 0.3) is 10.9 Å². The number of fused-ring (bicyclic) bond motifs is 1. The second-order valence-electron chi connectivity index (χ2n) is 11.2. The molecule has 0 unspecified atom stereocenters. The average molecular weight is 646 g/mol. The normalized spacial score (nSPS) is 25.7. The quantitative estimate of drug-likeness (QED) is 0.173. The van der Waals surface area contributed by atoms with Crippen LogP contribution < -0.4 is 16.6 Å². The van der Waals surface area contributed by atoms with Crippen LogP contribution in [0.5, 0.6) is 5.75 Å². The van der Waals surface area contributed by atoms with Crippen LogP contribution in [0.1, 0.15) is 60.1 Å². The smallest absolute Gasteiger partial charge is 0.270 e. The fourth-order valence-electron chi connectivity index (χ4n) is 7.58. The number of nitrogens with two attached hydrogens (primary N) is 1.